The molecule has 0 aliphatic heterocycles. The van der Waals surface area contributed by atoms with Gasteiger partial charge in [0, 0.05) is 0 Å². The normalized spacial score (nSPS) is 15.9. The van der Waals surface area contributed by atoms with Crippen molar-refractivity contribution in [3.63, 3.8) is 0 Å². The maximum Gasteiger partial charge on any atom is 0.311 e. The zero-order valence-electron chi connectivity index (χ0n) is 12.2. The minimum Gasteiger partial charge on any atom is -0.469 e. The molecule has 1 aromatic carbocycles. The summed E-state index contributed by atoms with van der Waals surface area (Å²) in [7, 11) is 1.37. The van der Waals surface area contributed by atoms with E-state index in [4.69, 9.17) is 4.74 Å². The summed E-state index contributed by atoms with van der Waals surface area (Å²) in [5.74, 6) is -0.610. The van der Waals surface area contributed by atoms with Crippen molar-refractivity contribution in [1.82, 2.24) is 0 Å². The number of ether oxygens (including phenoxy) is 1. The van der Waals surface area contributed by atoms with Crippen molar-refractivity contribution in [3.05, 3.63) is 35.9 Å². The van der Waals surface area contributed by atoms with E-state index in [0.29, 0.717) is 12.8 Å². The van der Waals surface area contributed by atoms with Gasteiger partial charge in [-0.3, -0.25) is 4.79 Å². The van der Waals surface area contributed by atoms with Crippen LogP contribution in [-0.2, 0) is 15.1 Å². The van der Waals surface area contributed by atoms with Crippen LogP contribution in [0.1, 0.15) is 39.2 Å². The van der Waals surface area contributed by atoms with Crippen LogP contribution in [0.2, 0.25) is 0 Å². The van der Waals surface area contributed by atoms with Gasteiger partial charge in [0.1, 0.15) is 5.60 Å². The molecule has 2 atom stereocenters. The van der Waals surface area contributed by atoms with Gasteiger partial charge in [0.2, 0.25) is 0 Å². The predicted molar refractivity (Wildman–Crippen MR) is 75.6 cm³/mol. The van der Waals surface area contributed by atoms with Crippen molar-refractivity contribution in [2.24, 2.45) is 11.8 Å². The van der Waals surface area contributed by atoms with E-state index in [9.17, 15) is 9.90 Å². The van der Waals surface area contributed by atoms with Crippen molar-refractivity contribution in [1.29, 1.82) is 0 Å². The standard InChI is InChI=1S/C16H24O3/c1-5-14(15(17)19-4)16(18,11-12(2)3)13-9-7-6-8-10-13/h6-10,12,14,18H,5,11H2,1-4H3. The van der Waals surface area contributed by atoms with E-state index in [1.165, 1.54) is 7.11 Å². The largest absolute Gasteiger partial charge is 0.469 e. The third-order valence-corrected chi connectivity index (χ3v) is 3.46. The molecule has 1 N–H and O–H groups in total. The Kier molecular flexibility index (Phi) is 5.55. The minimum absolute atomic E-state index is 0.281. The molecule has 0 aliphatic carbocycles. The van der Waals surface area contributed by atoms with Crippen LogP contribution in [0.15, 0.2) is 30.3 Å². The van der Waals surface area contributed by atoms with Gasteiger partial charge in [0.05, 0.1) is 13.0 Å². The average molecular weight is 264 g/mol. The van der Waals surface area contributed by atoms with Crippen molar-refractivity contribution in [3.8, 4) is 0 Å². The number of hydrogen-bond donors (Lipinski definition) is 1. The molecule has 0 spiro atoms. The van der Waals surface area contributed by atoms with Crippen molar-refractivity contribution < 1.29 is 14.6 Å². The Morgan fingerprint density at radius 3 is 2.32 bits per heavy atom. The summed E-state index contributed by atoms with van der Waals surface area (Å²) in [6.45, 7) is 5.98. The van der Waals surface area contributed by atoms with Crippen molar-refractivity contribution in [2.75, 3.05) is 7.11 Å². The molecule has 2 unspecified atom stereocenters. The SMILES string of the molecule is CCC(C(=O)OC)C(O)(CC(C)C)c1ccccc1. The Morgan fingerprint density at radius 1 is 1.32 bits per heavy atom. The maximum absolute atomic E-state index is 12.0. The molecule has 3 nitrogen and oxygen atoms in total. The van der Waals surface area contributed by atoms with E-state index < -0.39 is 11.5 Å². The van der Waals surface area contributed by atoms with Crippen LogP contribution in [0.4, 0.5) is 0 Å². The Hall–Kier alpha value is -1.35. The van der Waals surface area contributed by atoms with Crippen molar-refractivity contribution in [2.45, 2.75) is 39.2 Å². The topological polar surface area (TPSA) is 46.5 Å². The molecule has 0 aromatic heterocycles. The second-order valence-electron chi connectivity index (χ2n) is 5.37. The molecule has 0 saturated heterocycles. The Labute approximate surface area is 115 Å². The molecule has 0 heterocycles. The Balaban J connectivity index is 3.22. The number of carbonyl (C=O) groups is 1. The number of benzene rings is 1. The molecule has 0 amide bonds. The predicted octanol–water partition coefficient (Wildman–Crippen LogP) is 3.12. The van der Waals surface area contributed by atoms with Crippen LogP contribution in [-0.4, -0.2) is 18.2 Å². The fourth-order valence-electron chi connectivity index (χ4n) is 2.65. The molecule has 0 saturated carbocycles. The summed E-state index contributed by atoms with van der Waals surface area (Å²) in [5, 5.41) is 11.1. The van der Waals surface area contributed by atoms with Gasteiger partial charge in [-0.05, 0) is 24.3 Å². The maximum atomic E-state index is 12.0. The number of hydrogen-bond acceptors (Lipinski definition) is 3. The highest BCUT2D eigenvalue weighted by atomic mass is 16.5. The van der Waals surface area contributed by atoms with E-state index in [0.717, 1.165) is 5.56 Å². The van der Waals surface area contributed by atoms with Crippen LogP contribution in [0.25, 0.3) is 0 Å². The van der Waals surface area contributed by atoms with Crippen LogP contribution in [0.5, 0.6) is 0 Å². The minimum atomic E-state index is -1.17. The first-order chi connectivity index (χ1) is 8.95. The lowest BCUT2D eigenvalue weighted by Gasteiger charge is -2.36. The number of aliphatic hydroxyl groups is 1. The van der Waals surface area contributed by atoms with E-state index in [1.54, 1.807) is 0 Å². The number of methoxy groups -OCH3 is 1. The van der Waals surface area contributed by atoms with Gasteiger partial charge in [0.15, 0.2) is 0 Å². The number of esters is 1. The van der Waals surface area contributed by atoms with Crippen LogP contribution in [0.3, 0.4) is 0 Å². The fraction of sp³-hybridized carbons (Fsp3) is 0.562. The monoisotopic (exact) mass is 264 g/mol. The first-order valence-corrected chi connectivity index (χ1v) is 6.81. The first-order valence-electron chi connectivity index (χ1n) is 6.81. The Morgan fingerprint density at radius 2 is 1.89 bits per heavy atom. The molecule has 0 fully saturated rings. The van der Waals surface area contributed by atoms with E-state index in [-0.39, 0.29) is 11.9 Å². The second-order valence-corrected chi connectivity index (χ2v) is 5.37. The van der Waals surface area contributed by atoms with Gasteiger partial charge in [-0.1, -0.05) is 51.1 Å². The smallest absolute Gasteiger partial charge is 0.311 e. The molecule has 19 heavy (non-hydrogen) atoms. The van der Waals surface area contributed by atoms with Crippen molar-refractivity contribution >= 4 is 5.97 Å². The summed E-state index contributed by atoms with van der Waals surface area (Å²) in [6, 6.07) is 9.40. The lowest BCUT2D eigenvalue weighted by molar-refractivity contribution is -0.158. The average Bonchev–Trinajstić information content (AvgIpc) is 2.39. The van der Waals surface area contributed by atoms with Gasteiger partial charge in [-0.25, -0.2) is 0 Å². The summed E-state index contributed by atoms with van der Waals surface area (Å²) < 4.78 is 4.85. The van der Waals surface area contributed by atoms with Crippen LogP contribution in [0, 0.1) is 11.8 Å². The lowest BCUT2D eigenvalue weighted by atomic mass is 9.74. The summed E-state index contributed by atoms with van der Waals surface area (Å²) in [5.41, 5.74) is -0.391. The van der Waals surface area contributed by atoms with Gasteiger partial charge in [0.25, 0.3) is 0 Å². The number of carbonyl (C=O) groups excluding carboxylic acids is 1. The third kappa shape index (κ3) is 3.57. The summed E-state index contributed by atoms with van der Waals surface area (Å²) in [6.07, 6.45) is 1.08. The summed E-state index contributed by atoms with van der Waals surface area (Å²) in [4.78, 5) is 12.0. The molecular formula is C16H24O3. The van der Waals surface area contributed by atoms with Gasteiger partial charge in [-0.15, -0.1) is 0 Å². The third-order valence-electron chi connectivity index (χ3n) is 3.46. The van der Waals surface area contributed by atoms with Crippen LogP contribution < -0.4 is 0 Å². The summed E-state index contributed by atoms with van der Waals surface area (Å²) >= 11 is 0. The number of rotatable bonds is 6. The quantitative estimate of drug-likeness (QED) is 0.803. The van der Waals surface area contributed by atoms with E-state index >= 15 is 0 Å². The molecule has 1 rings (SSSR count). The van der Waals surface area contributed by atoms with E-state index in [1.807, 2.05) is 51.1 Å². The zero-order valence-corrected chi connectivity index (χ0v) is 12.2. The highest BCUT2D eigenvalue weighted by Gasteiger charge is 2.42. The second kappa shape index (κ2) is 6.71. The highest BCUT2D eigenvalue weighted by Crippen LogP contribution is 2.38. The van der Waals surface area contributed by atoms with E-state index in [2.05, 4.69) is 0 Å². The zero-order chi connectivity index (χ0) is 14.5. The molecule has 106 valence electrons. The molecule has 0 bridgehead atoms. The highest BCUT2D eigenvalue weighted by molar-refractivity contribution is 5.74. The van der Waals surface area contributed by atoms with Crippen LogP contribution >= 0.6 is 0 Å². The Bertz CT molecular complexity index is 400. The first kappa shape index (κ1) is 15.7. The molecule has 1 aromatic rings. The molecule has 0 radical (unpaired) electrons. The molecule has 3 heteroatoms. The van der Waals surface area contributed by atoms with Gasteiger partial charge >= 0.3 is 5.97 Å². The lowest BCUT2D eigenvalue weighted by Crippen LogP contribution is -2.41. The van der Waals surface area contributed by atoms with Gasteiger partial charge < -0.3 is 9.84 Å². The van der Waals surface area contributed by atoms with Gasteiger partial charge in [-0.2, -0.15) is 0 Å². The molecular weight excluding hydrogens is 240 g/mol. The fourth-order valence-corrected chi connectivity index (χ4v) is 2.65. The molecule has 0 aliphatic rings.